The number of rotatable bonds is 7. The Kier molecular flexibility index (Phi) is 7.27. The zero-order chi connectivity index (χ0) is 19.8. The lowest BCUT2D eigenvalue weighted by Gasteiger charge is -2.14. The third-order valence-corrected chi connectivity index (χ3v) is 3.85. The minimum absolute atomic E-state index is 0.0141. The van der Waals surface area contributed by atoms with Crippen molar-refractivity contribution in [2.75, 3.05) is 7.11 Å². The van der Waals surface area contributed by atoms with Gasteiger partial charge in [0.05, 0.1) is 12.1 Å². The fraction of sp³-hybridized carbons (Fsp3) is 0.238. The van der Waals surface area contributed by atoms with Crippen molar-refractivity contribution in [2.45, 2.75) is 26.5 Å². The van der Waals surface area contributed by atoms with Crippen LogP contribution in [0.2, 0.25) is 5.02 Å². The molecule has 0 saturated carbocycles. The summed E-state index contributed by atoms with van der Waals surface area (Å²) in [4.78, 5) is 12.1. The summed E-state index contributed by atoms with van der Waals surface area (Å²) in [5, 5.41) is 12.3. The average Bonchev–Trinajstić information content (AvgIpc) is 2.65. The maximum absolute atomic E-state index is 12.1. The van der Waals surface area contributed by atoms with E-state index in [1.54, 1.807) is 12.1 Å². The Morgan fingerprint density at radius 1 is 1.30 bits per heavy atom. The van der Waals surface area contributed by atoms with Gasteiger partial charge in [0.15, 0.2) is 11.5 Å². The zero-order valence-corrected chi connectivity index (χ0v) is 16.2. The van der Waals surface area contributed by atoms with E-state index in [0.29, 0.717) is 28.7 Å². The summed E-state index contributed by atoms with van der Waals surface area (Å²) in [6.07, 6.45) is 1.47. The second-order valence-electron chi connectivity index (χ2n) is 6.11. The van der Waals surface area contributed by atoms with E-state index in [0.717, 1.165) is 5.56 Å². The van der Waals surface area contributed by atoms with Crippen LogP contribution in [0.3, 0.4) is 0 Å². The first-order chi connectivity index (χ1) is 12.9. The predicted molar refractivity (Wildman–Crippen MR) is 106 cm³/mol. The maximum atomic E-state index is 12.1. The highest BCUT2D eigenvalue weighted by molar-refractivity contribution is 6.32. The number of nitrogens with zero attached hydrogens (tertiary/aromatic N) is 1. The van der Waals surface area contributed by atoms with Gasteiger partial charge in [0.1, 0.15) is 18.2 Å². The molecule has 0 unspecified atom stereocenters. The van der Waals surface area contributed by atoms with E-state index >= 15 is 0 Å². The third kappa shape index (κ3) is 5.77. The van der Waals surface area contributed by atoms with Crippen molar-refractivity contribution < 1.29 is 14.3 Å². The lowest BCUT2D eigenvalue weighted by molar-refractivity contribution is -0.117. The summed E-state index contributed by atoms with van der Waals surface area (Å²) in [5.74, 6) is 0.392. The number of hydrogen-bond donors (Lipinski definition) is 1. The molecule has 2 aromatic carbocycles. The molecule has 0 aliphatic heterocycles. The second kappa shape index (κ2) is 9.65. The number of hydrogen-bond acceptors (Lipinski definition) is 4. The van der Waals surface area contributed by atoms with Gasteiger partial charge in [0.25, 0.3) is 5.91 Å². The van der Waals surface area contributed by atoms with Gasteiger partial charge >= 0.3 is 0 Å². The molecule has 0 radical (unpaired) electrons. The van der Waals surface area contributed by atoms with Crippen LogP contribution in [0.25, 0.3) is 6.08 Å². The number of nitrogens with one attached hydrogen (secondary N) is 1. The van der Waals surface area contributed by atoms with E-state index in [2.05, 4.69) is 5.32 Å². The summed E-state index contributed by atoms with van der Waals surface area (Å²) in [7, 11) is 1.51. The van der Waals surface area contributed by atoms with Crippen LogP contribution in [0.5, 0.6) is 11.5 Å². The maximum Gasteiger partial charge on any atom is 0.262 e. The molecule has 1 N–H and O–H groups in total. The molecule has 0 heterocycles. The van der Waals surface area contributed by atoms with Gasteiger partial charge in [0, 0.05) is 6.04 Å². The van der Waals surface area contributed by atoms with E-state index in [1.165, 1.54) is 13.2 Å². The zero-order valence-electron chi connectivity index (χ0n) is 15.5. The topological polar surface area (TPSA) is 71.3 Å². The number of nitriles is 1. The van der Waals surface area contributed by atoms with Crippen molar-refractivity contribution in [1.29, 1.82) is 5.26 Å². The largest absolute Gasteiger partial charge is 0.493 e. The van der Waals surface area contributed by atoms with Crippen LogP contribution in [-0.4, -0.2) is 19.1 Å². The number of halogens is 1. The highest BCUT2D eigenvalue weighted by Gasteiger charge is 2.14. The van der Waals surface area contributed by atoms with Crippen LogP contribution in [0.1, 0.15) is 25.0 Å². The summed E-state index contributed by atoms with van der Waals surface area (Å²) in [6.45, 7) is 3.99. The van der Waals surface area contributed by atoms with Crippen molar-refractivity contribution in [3.8, 4) is 17.6 Å². The molecule has 0 aliphatic rings. The molecule has 1 amide bonds. The SMILES string of the molecule is COc1cc(/C=C(/C#N)C(=O)NC(C)C)cc(Cl)c1OCc1ccccc1. The molecule has 0 aliphatic carbocycles. The van der Waals surface area contributed by atoms with Crippen LogP contribution in [0.15, 0.2) is 48.0 Å². The number of benzene rings is 2. The molecule has 2 aromatic rings. The number of ether oxygens (including phenoxy) is 2. The minimum atomic E-state index is -0.438. The Morgan fingerprint density at radius 3 is 2.59 bits per heavy atom. The molecule has 0 bridgehead atoms. The van der Waals surface area contributed by atoms with Crippen LogP contribution < -0.4 is 14.8 Å². The van der Waals surface area contributed by atoms with E-state index in [9.17, 15) is 10.1 Å². The smallest absolute Gasteiger partial charge is 0.262 e. The molecular weight excluding hydrogens is 364 g/mol. The summed E-state index contributed by atoms with van der Waals surface area (Å²) < 4.78 is 11.2. The Hall–Kier alpha value is -2.97. The van der Waals surface area contributed by atoms with Gasteiger partial charge in [-0.05, 0) is 43.2 Å². The van der Waals surface area contributed by atoms with Crippen LogP contribution >= 0.6 is 11.6 Å². The summed E-state index contributed by atoms with van der Waals surface area (Å²) in [6, 6.07) is 14.8. The second-order valence-corrected chi connectivity index (χ2v) is 6.51. The number of carbonyl (C=O) groups excluding carboxylic acids is 1. The van der Waals surface area contributed by atoms with Gasteiger partial charge in [-0.25, -0.2) is 0 Å². The van der Waals surface area contributed by atoms with Gasteiger partial charge in [0.2, 0.25) is 0 Å². The van der Waals surface area contributed by atoms with Gasteiger partial charge in [-0.2, -0.15) is 5.26 Å². The summed E-state index contributed by atoms with van der Waals surface area (Å²) in [5.41, 5.74) is 1.55. The van der Waals surface area contributed by atoms with Crippen LogP contribution in [0, 0.1) is 11.3 Å². The fourth-order valence-electron chi connectivity index (χ4n) is 2.35. The Labute approximate surface area is 164 Å². The lowest BCUT2D eigenvalue weighted by Crippen LogP contribution is -2.30. The van der Waals surface area contributed by atoms with E-state index in [1.807, 2.05) is 50.2 Å². The van der Waals surface area contributed by atoms with Crippen molar-refractivity contribution >= 4 is 23.6 Å². The first-order valence-corrected chi connectivity index (χ1v) is 8.79. The third-order valence-electron chi connectivity index (χ3n) is 3.57. The molecule has 0 spiro atoms. The Bertz CT molecular complexity index is 871. The Morgan fingerprint density at radius 2 is 2.00 bits per heavy atom. The fourth-order valence-corrected chi connectivity index (χ4v) is 2.62. The number of methoxy groups -OCH3 is 1. The van der Waals surface area contributed by atoms with Gasteiger partial charge < -0.3 is 14.8 Å². The van der Waals surface area contributed by atoms with Gasteiger partial charge in [-0.1, -0.05) is 41.9 Å². The van der Waals surface area contributed by atoms with Crippen LogP contribution in [-0.2, 0) is 11.4 Å². The molecule has 2 rings (SSSR count). The molecule has 0 saturated heterocycles. The normalized spacial score (nSPS) is 11.0. The van der Waals surface area contributed by atoms with Crippen molar-refractivity contribution in [2.24, 2.45) is 0 Å². The standard InChI is InChI=1S/C21H21ClN2O3/c1-14(2)24-21(25)17(12-23)9-16-10-18(22)20(19(11-16)26-3)27-13-15-7-5-4-6-8-15/h4-11,14H,13H2,1-3H3,(H,24,25)/b17-9-. The molecule has 6 heteroatoms. The van der Waals surface area contributed by atoms with E-state index in [-0.39, 0.29) is 11.6 Å². The van der Waals surface area contributed by atoms with Crippen molar-refractivity contribution in [3.63, 3.8) is 0 Å². The van der Waals surface area contributed by atoms with E-state index < -0.39 is 5.91 Å². The van der Waals surface area contributed by atoms with Gasteiger partial charge in [-0.3, -0.25) is 4.79 Å². The molecule has 0 aromatic heterocycles. The first-order valence-electron chi connectivity index (χ1n) is 8.41. The molecule has 0 atom stereocenters. The summed E-state index contributed by atoms with van der Waals surface area (Å²) >= 11 is 6.35. The lowest BCUT2D eigenvalue weighted by atomic mass is 10.1. The van der Waals surface area contributed by atoms with Gasteiger partial charge in [-0.15, -0.1) is 0 Å². The minimum Gasteiger partial charge on any atom is -0.493 e. The highest BCUT2D eigenvalue weighted by atomic mass is 35.5. The van der Waals surface area contributed by atoms with Crippen molar-refractivity contribution in [3.05, 3.63) is 64.2 Å². The first kappa shape index (κ1) is 20.3. The molecule has 0 fully saturated rings. The molecule has 27 heavy (non-hydrogen) atoms. The molecule has 140 valence electrons. The van der Waals surface area contributed by atoms with Crippen molar-refractivity contribution in [1.82, 2.24) is 5.32 Å². The number of carbonyl (C=O) groups is 1. The average molecular weight is 385 g/mol. The highest BCUT2D eigenvalue weighted by Crippen LogP contribution is 2.37. The van der Waals surface area contributed by atoms with Crippen LogP contribution in [0.4, 0.5) is 0 Å². The molecular formula is C21H21ClN2O3. The van der Waals surface area contributed by atoms with E-state index in [4.69, 9.17) is 21.1 Å². The monoisotopic (exact) mass is 384 g/mol. The Balaban J connectivity index is 2.28. The predicted octanol–water partition coefficient (Wildman–Crippen LogP) is 4.36. The quantitative estimate of drug-likeness (QED) is 0.568. The number of amides is 1. The molecule has 5 nitrogen and oxygen atoms in total.